The molecule has 0 aromatic carbocycles. The molecule has 0 amide bonds. The Morgan fingerprint density at radius 3 is 2.69 bits per heavy atom. The van der Waals surface area contributed by atoms with Crippen LogP contribution >= 0.6 is 12.2 Å². The highest BCUT2D eigenvalue weighted by atomic mass is 32.1. The maximum atomic E-state index is 10.2. The van der Waals surface area contributed by atoms with Gasteiger partial charge in [0.2, 0.25) is 0 Å². The first kappa shape index (κ1) is 10.2. The summed E-state index contributed by atoms with van der Waals surface area (Å²) >= 11 is 4.87. The highest BCUT2D eigenvalue weighted by molar-refractivity contribution is 7.80. The maximum absolute atomic E-state index is 10.2. The van der Waals surface area contributed by atoms with Gasteiger partial charge in [-0.1, -0.05) is 0 Å². The summed E-state index contributed by atoms with van der Waals surface area (Å²) in [4.78, 5) is 12.3. The summed E-state index contributed by atoms with van der Waals surface area (Å²) in [6.07, 6.45) is 0.895. The van der Waals surface area contributed by atoms with E-state index in [1.165, 1.54) is 0 Å². The standard InChI is InChI=1S/C7H13N3O2S/c11-6(12)2-1-3-10-4-8-7(13)9-5-10/h1-5H2,(H,11,12)(H2,8,9,13). The average Bonchev–Trinajstić information content (AvgIpc) is 2.08. The highest BCUT2D eigenvalue weighted by Crippen LogP contribution is 1.95. The Morgan fingerprint density at radius 1 is 1.54 bits per heavy atom. The third-order valence-electron chi connectivity index (χ3n) is 1.79. The van der Waals surface area contributed by atoms with Gasteiger partial charge >= 0.3 is 5.97 Å². The van der Waals surface area contributed by atoms with Gasteiger partial charge in [-0.3, -0.25) is 9.69 Å². The number of carboxylic acid groups (broad SMARTS) is 1. The van der Waals surface area contributed by atoms with E-state index in [9.17, 15) is 4.79 Å². The van der Waals surface area contributed by atoms with Crippen molar-refractivity contribution in [3.8, 4) is 0 Å². The van der Waals surface area contributed by atoms with E-state index in [1.54, 1.807) is 0 Å². The maximum Gasteiger partial charge on any atom is 0.303 e. The highest BCUT2D eigenvalue weighted by Gasteiger charge is 2.11. The molecule has 1 aliphatic rings. The zero-order valence-electron chi connectivity index (χ0n) is 7.25. The first-order valence-electron chi connectivity index (χ1n) is 4.14. The molecule has 1 saturated heterocycles. The first-order chi connectivity index (χ1) is 6.18. The molecule has 1 aliphatic heterocycles. The second-order valence-corrected chi connectivity index (χ2v) is 3.30. The average molecular weight is 203 g/mol. The van der Waals surface area contributed by atoms with Crippen LogP contribution in [0.4, 0.5) is 0 Å². The molecule has 3 N–H and O–H groups in total. The lowest BCUT2D eigenvalue weighted by Gasteiger charge is -2.29. The number of nitrogens with one attached hydrogen (secondary N) is 2. The summed E-state index contributed by atoms with van der Waals surface area (Å²) in [5.41, 5.74) is 0. The molecule has 0 bridgehead atoms. The van der Waals surface area contributed by atoms with Crippen LogP contribution in [0.3, 0.4) is 0 Å². The fraction of sp³-hybridized carbons (Fsp3) is 0.714. The molecule has 5 nitrogen and oxygen atoms in total. The number of hydrogen-bond donors (Lipinski definition) is 3. The van der Waals surface area contributed by atoms with Crippen molar-refractivity contribution >= 4 is 23.3 Å². The van der Waals surface area contributed by atoms with Crippen molar-refractivity contribution in [3.05, 3.63) is 0 Å². The number of carbonyl (C=O) groups is 1. The second-order valence-electron chi connectivity index (χ2n) is 2.89. The Balaban J connectivity index is 2.09. The number of hydrogen-bond acceptors (Lipinski definition) is 3. The summed E-state index contributed by atoms with van der Waals surface area (Å²) in [7, 11) is 0. The minimum atomic E-state index is -0.742. The lowest BCUT2D eigenvalue weighted by molar-refractivity contribution is -0.137. The number of nitrogens with zero attached hydrogens (tertiary/aromatic N) is 1. The summed E-state index contributed by atoms with van der Waals surface area (Å²) in [6, 6.07) is 0. The van der Waals surface area contributed by atoms with Crippen LogP contribution in [0.15, 0.2) is 0 Å². The number of aliphatic carboxylic acids is 1. The lowest BCUT2D eigenvalue weighted by atomic mass is 10.3. The third-order valence-corrected chi connectivity index (χ3v) is 2.08. The van der Waals surface area contributed by atoms with Crippen molar-refractivity contribution in [3.63, 3.8) is 0 Å². The van der Waals surface area contributed by atoms with E-state index in [0.717, 1.165) is 6.54 Å². The second kappa shape index (κ2) is 4.98. The predicted molar refractivity (Wildman–Crippen MR) is 52.2 cm³/mol. The van der Waals surface area contributed by atoms with Crippen molar-refractivity contribution in [2.24, 2.45) is 0 Å². The van der Waals surface area contributed by atoms with Crippen LogP contribution in [0.1, 0.15) is 12.8 Å². The van der Waals surface area contributed by atoms with Gasteiger partial charge in [0, 0.05) is 13.0 Å². The molecule has 6 heteroatoms. The zero-order chi connectivity index (χ0) is 9.68. The number of carboxylic acids is 1. The van der Waals surface area contributed by atoms with Crippen LogP contribution in [0, 0.1) is 0 Å². The molecule has 13 heavy (non-hydrogen) atoms. The van der Waals surface area contributed by atoms with E-state index in [2.05, 4.69) is 15.5 Å². The first-order valence-corrected chi connectivity index (χ1v) is 4.55. The Morgan fingerprint density at radius 2 is 2.15 bits per heavy atom. The Labute approximate surface area is 82.1 Å². The predicted octanol–water partition coefficient (Wildman–Crippen LogP) is -0.454. The van der Waals surface area contributed by atoms with Gasteiger partial charge in [-0.05, 0) is 18.6 Å². The van der Waals surface area contributed by atoms with Crippen LogP contribution in [0.5, 0.6) is 0 Å². The molecule has 0 aliphatic carbocycles. The minimum absolute atomic E-state index is 0.223. The molecule has 1 fully saturated rings. The van der Waals surface area contributed by atoms with Crippen LogP contribution in [0.25, 0.3) is 0 Å². The molecule has 0 aromatic heterocycles. The largest absolute Gasteiger partial charge is 0.481 e. The molecule has 1 rings (SSSR count). The van der Waals surface area contributed by atoms with Crippen LogP contribution in [-0.4, -0.2) is 41.0 Å². The van der Waals surface area contributed by atoms with Gasteiger partial charge in [0.15, 0.2) is 5.11 Å². The van der Waals surface area contributed by atoms with Crippen molar-refractivity contribution < 1.29 is 9.90 Å². The van der Waals surface area contributed by atoms with Crippen molar-refractivity contribution in [1.82, 2.24) is 15.5 Å². The molecule has 0 atom stereocenters. The Hall–Kier alpha value is -0.880. The fourth-order valence-electron chi connectivity index (χ4n) is 1.10. The quantitative estimate of drug-likeness (QED) is 0.538. The van der Waals surface area contributed by atoms with Gasteiger partial charge in [0.05, 0.1) is 13.3 Å². The van der Waals surface area contributed by atoms with E-state index in [1.807, 2.05) is 0 Å². The van der Waals surface area contributed by atoms with Crippen LogP contribution in [-0.2, 0) is 4.79 Å². The summed E-state index contributed by atoms with van der Waals surface area (Å²) in [5, 5.41) is 15.0. The van der Waals surface area contributed by atoms with E-state index < -0.39 is 5.97 Å². The normalized spacial score (nSPS) is 17.7. The molecule has 1 heterocycles. The Kier molecular flexibility index (Phi) is 3.91. The molecule has 0 radical (unpaired) electrons. The third kappa shape index (κ3) is 4.05. The Bertz CT molecular complexity index is 200. The van der Waals surface area contributed by atoms with E-state index in [-0.39, 0.29) is 6.42 Å². The molecule has 74 valence electrons. The van der Waals surface area contributed by atoms with E-state index in [4.69, 9.17) is 17.3 Å². The molecular formula is C7H13N3O2S. The smallest absolute Gasteiger partial charge is 0.303 e. The van der Waals surface area contributed by atoms with Crippen molar-refractivity contribution in [1.29, 1.82) is 0 Å². The van der Waals surface area contributed by atoms with E-state index >= 15 is 0 Å². The minimum Gasteiger partial charge on any atom is -0.481 e. The topological polar surface area (TPSA) is 64.6 Å². The number of thiocarbonyl (C=S) groups is 1. The SMILES string of the molecule is O=C(O)CCCN1CNC(=S)NC1. The zero-order valence-corrected chi connectivity index (χ0v) is 8.06. The van der Waals surface area contributed by atoms with Gasteiger partial charge in [-0.15, -0.1) is 0 Å². The summed E-state index contributed by atoms with van der Waals surface area (Å²) in [5.74, 6) is -0.742. The van der Waals surface area contributed by atoms with Gasteiger partial charge in [0.1, 0.15) is 0 Å². The van der Waals surface area contributed by atoms with Gasteiger partial charge < -0.3 is 15.7 Å². The fourth-order valence-corrected chi connectivity index (χ4v) is 1.23. The molecule has 0 saturated carbocycles. The van der Waals surface area contributed by atoms with Gasteiger partial charge in [-0.2, -0.15) is 0 Å². The van der Waals surface area contributed by atoms with Crippen LogP contribution in [0.2, 0.25) is 0 Å². The van der Waals surface area contributed by atoms with Crippen LogP contribution < -0.4 is 10.6 Å². The molecule has 0 aromatic rings. The molecule has 0 spiro atoms. The summed E-state index contributed by atoms with van der Waals surface area (Å²) < 4.78 is 0. The molecular weight excluding hydrogens is 190 g/mol. The lowest BCUT2D eigenvalue weighted by Crippen LogP contribution is -2.53. The van der Waals surface area contributed by atoms with Crippen molar-refractivity contribution in [2.45, 2.75) is 12.8 Å². The van der Waals surface area contributed by atoms with E-state index in [0.29, 0.717) is 24.9 Å². The molecule has 0 unspecified atom stereocenters. The van der Waals surface area contributed by atoms with Gasteiger partial charge in [-0.25, -0.2) is 0 Å². The monoisotopic (exact) mass is 203 g/mol. The number of rotatable bonds is 4. The summed E-state index contributed by atoms with van der Waals surface area (Å²) in [6.45, 7) is 2.17. The van der Waals surface area contributed by atoms with Gasteiger partial charge in [0.25, 0.3) is 0 Å². The van der Waals surface area contributed by atoms with Crippen molar-refractivity contribution in [2.75, 3.05) is 19.9 Å².